The van der Waals surface area contributed by atoms with Gasteiger partial charge in [0.05, 0.1) is 35.5 Å². The van der Waals surface area contributed by atoms with Crippen LogP contribution in [0.5, 0.6) is 11.5 Å². The van der Waals surface area contributed by atoms with Gasteiger partial charge >= 0.3 is 0 Å². The maximum Gasteiger partial charge on any atom is 0.227 e. The Morgan fingerprint density at radius 3 is 2.51 bits per heavy atom. The van der Waals surface area contributed by atoms with E-state index in [1.54, 1.807) is 12.0 Å². The van der Waals surface area contributed by atoms with Gasteiger partial charge in [-0.15, -0.1) is 0 Å². The minimum atomic E-state index is 0.0155. The van der Waals surface area contributed by atoms with E-state index in [1.165, 1.54) is 0 Å². The van der Waals surface area contributed by atoms with Crippen LogP contribution in [0.3, 0.4) is 0 Å². The second kappa shape index (κ2) is 10.4. The molecule has 7 heteroatoms. The molecule has 1 amide bonds. The standard InChI is InChI=1S/C28H28ClN3O3/c1-34-21-12-14-22(15-13-21)35-17-7-6-16-31-26-11-5-3-9-24(26)30-28(31)20-18-27(33)32(19-20)25-10-4-2-8-23(25)29/h2-5,8-15,20H,6-7,16-19H2,1H3. The van der Waals surface area contributed by atoms with E-state index in [-0.39, 0.29) is 11.8 Å². The van der Waals surface area contributed by atoms with Gasteiger partial charge in [-0.2, -0.15) is 0 Å². The molecule has 1 aliphatic rings. The Labute approximate surface area is 210 Å². The highest BCUT2D eigenvalue weighted by molar-refractivity contribution is 6.33. The first kappa shape index (κ1) is 23.2. The van der Waals surface area contributed by atoms with Crippen LogP contribution in [0, 0.1) is 0 Å². The first-order valence-electron chi connectivity index (χ1n) is 11.9. The predicted molar refractivity (Wildman–Crippen MR) is 139 cm³/mol. The number of hydrogen-bond donors (Lipinski definition) is 0. The van der Waals surface area contributed by atoms with E-state index in [2.05, 4.69) is 10.6 Å². The topological polar surface area (TPSA) is 56.6 Å². The number of amides is 1. The number of anilines is 1. The molecule has 35 heavy (non-hydrogen) atoms. The van der Waals surface area contributed by atoms with E-state index in [0.717, 1.165) is 53.4 Å². The van der Waals surface area contributed by atoms with Crippen LogP contribution in [0.2, 0.25) is 5.02 Å². The minimum absolute atomic E-state index is 0.0155. The third-order valence-electron chi connectivity index (χ3n) is 6.42. The van der Waals surface area contributed by atoms with Gasteiger partial charge < -0.3 is 18.9 Å². The molecule has 5 rings (SSSR count). The Hall–Kier alpha value is -3.51. The van der Waals surface area contributed by atoms with Crippen molar-refractivity contribution in [2.24, 2.45) is 0 Å². The van der Waals surface area contributed by atoms with Crippen LogP contribution < -0.4 is 14.4 Å². The van der Waals surface area contributed by atoms with Crippen molar-refractivity contribution in [3.05, 3.63) is 83.6 Å². The average Bonchev–Trinajstić information content (AvgIpc) is 3.45. The number of carbonyl (C=O) groups excluding carboxylic acids is 1. The number of imidazole rings is 1. The summed E-state index contributed by atoms with van der Waals surface area (Å²) >= 11 is 6.38. The lowest BCUT2D eigenvalue weighted by Gasteiger charge is -2.18. The molecular formula is C28H28ClN3O3. The molecule has 0 saturated carbocycles. The maximum absolute atomic E-state index is 12.9. The van der Waals surface area contributed by atoms with Gasteiger partial charge in [0.2, 0.25) is 5.91 Å². The number of hydrogen-bond acceptors (Lipinski definition) is 4. The molecule has 1 aliphatic heterocycles. The lowest BCUT2D eigenvalue weighted by molar-refractivity contribution is -0.117. The Kier molecular flexibility index (Phi) is 6.91. The Morgan fingerprint density at radius 1 is 0.971 bits per heavy atom. The number of halogens is 1. The SMILES string of the molecule is COc1ccc(OCCCCn2c(C3CC(=O)N(c4ccccc4Cl)C3)nc3ccccc32)cc1. The number of fused-ring (bicyclic) bond motifs is 1. The van der Waals surface area contributed by atoms with Gasteiger partial charge in [-0.25, -0.2) is 4.98 Å². The van der Waals surface area contributed by atoms with E-state index in [1.807, 2.05) is 66.7 Å². The second-order valence-corrected chi connectivity index (χ2v) is 9.11. The van der Waals surface area contributed by atoms with Crippen molar-refractivity contribution in [3.8, 4) is 11.5 Å². The predicted octanol–water partition coefficient (Wildman–Crippen LogP) is 6.08. The van der Waals surface area contributed by atoms with Crippen molar-refractivity contribution < 1.29 is 14.3 Å². The second-order valence-electron chi connectivity index (χ2n) is 8.70. The quantitative estimate of drug-likeness (QED) is 0.267. The van der Waals surface area contributed by atoms with Gasteiger partial charge in [0.15, 0.2) is 0 Å². The number of aromatic nitrogens is 2. The van der Waals surface area contributed by atoms with Gasteiger partial charge in [-0.3, -0.25) is 4.79 Å². The van der Waals surface area contributed by atoms with E-state index in [0.29, 0.717) is 24.6 Å². The number of nitrogens with zero attached hydrogens (tertiary/aromatic N) is 3. The van der Waals surface area contributed by atoms with Crippen molar-refractivity contribution in [3.63, 3.8) is 0 Å². The van der Waals surface area contributed by atoms with E-state index >= 15 is 0 Å². The molecule has 3 aromatic carbocycles. The minimum Gasteiger partial charge on any atom is -0.497 e. The van der Waals surface area contributed by atoms with Crippen LogP contribution in [-0.2, 0) is 11.3 Å². The summed E-state index contributed by atoms with van der Waals surface area (Å²) in [6.07, 6.45) is 2.28. The third-order valence-corrected chi connectivity index (χ3v) is 6.74. The van der Waals surface area contributed by atoms with Gasteiger partial charge in [0.25, 0.3) is 0 Å². The molecule has 0 radical (unpaired) electrons. The largest absolute Gasteiger partial charge is 0.497 e. The summed E-state index contributed by atoms with van der Waals surface area (Å²) in [7, 11) is 1.65. The molecule has 1 aromatic heterocycles. The molecule has 1 atom stereocenters. The van der Waals surface area contributed by atoms with Crippen molar-refractivity contribution in [2.75, 3.05) is 25.2 Å². The number of ether oxygens (including phenoxy) is 2. The van der Waals surface area contributed by atoms with Crippen LogP contribution in [0.25, 0.3) is 11.0 Å². The summed E-state index contributed by atoms with van der Waals surface area (Å²) in [5, 5.41) is 0.590. The molecule has 6 nitrogen and oxygen atoms in total. The van der Waals surface area contributed by atoms with Crippen molar-refractivity contribution in [1.29, 1.82) is 0 Å². The fourth-order valence-electron chi connectivity index (χ4n) is 4.66. The molecule has 0 aliphatic carbocycles. The first-order chi connectivity index (χ1) is 17.1. The lowest BCUT2D eigenvalue weighted by Crippen LogP contribution is -2.24. The smallest absolute Gasteiger partial charge is 0.227 e. The summed E-state index contributed by atoms with van der Waals surface area (Å²) in [6, 6.07) is 23.3. The number of aryl methyl sites for hydroxylation is 1. The fraction of sp³-hybridized carbons (Fsp3) is 0.286. The molecule has 0 bridgehead atoms. The Morgan fingerprint density at radius 2 is 1.71 bits per heavy atom. The van der Waals surface area contributed by atoms with Crippen molar-refractivity contribution in [1.82, 2.24) is 9.55 Å². The number of unbranched alkanes of at least 4 members (excludes halogenated alkanes) is 1. The van der Waals surface area contributed by atoms with Crippen LogP contribution in [-0.4, -0.2) is 35.7 Å². The summed E-state index contributed by atoms with van der Waals surface area (Å²) < 4.78 is 13.4. The van der Waals surface area contributed by atoms with Gasteiger partial charge in [-0.1, -0.05) is 35.9 Å². The highest BCUT2D eigenvalue weighted by atomic mass is 35.5. The van der Waals surface area contributed by atoms with E-state index < -0.39 is 0 Å². The highest BCUT2D eigenvalue weighted by Crippen LogP contribution is 2.36. The molecule has 2 heterocycles. The maximum atomic E-state index is 12.9. The summed E-state index contributed by atoms with van der Waals surface area (Å²) in [4.78, 5) is 19.7. The van der Waals surface area contributed by atoms with Crippen LogP contribution in [0.15, 0.2) is 72.8 Å². The zero-order chi connectivity index (χ0) is 24.2. The van der Waals surface area contributed by atoms with Crippen LogP contribution >= 0.6 is 11.6 Å². The highest BCUT2D eigenvalue weighted by Gasteiger charge is 2.35. The molecule has 4 aromatic rings. The summed E-state index contributed by atoms with van der Waals surface area (Å²) in [6.45, 7) is 2.03. The summed E-state index contributed by atoms with van der Waals surface area (Å²) in [5.74, 6) is 2.71. The van der Waals surface area contributed by atoms with Gasteiger partial charge in [0.1, 0.15) is 17.3 Å². The zero-order valence-electron chi connectivity index (χ0n) is 19.7. The lowest BCUT2D eigenvalue weighted by atomic mass is 10.1. The first-order valence-corrected chi connectivity index (χ1v) is 12.3. The Balaban J connectivity index is 1.28. The monoisotopic (exact) mass is 489 g/mol. The Bertz CT molecular complexity index is 1320. The molecule has 1 fully saturated rings. The van der Waals surface area contributed by atoms with Gasteiger partial charge in [-0.05, 0) is 61.4 Å². The number of methoxy groups -OCH3 is 1. The van der Waals surface area contributed by atoms with Crippen LogP contribution in [0.4, 0.5) is 5.69 Å². The number of carbonyl (C=O) groups is 1. The number of benzene rings is 3. The van der Waals surface area contributed by atoms with Crippen LogP contribution in [0.1, 0.15) is 31.0 Å². The van der Waals surface area contributed by atoms with Crippen molar-refractivity contribution in [2.45, 2.75) is 31.7 Å². The van der Waals surface area contributed by atoms with Crippen molar-refractivity contribution >= 4 is 34.2 Å². The molecule has 0 spiro atoms. The third kappa shape index (κ3) is 4.98. The van der Waals surface area contributed by atoms with E-state index in [9.17, 15) is 4.79 Å². The fourth-order valence-corrected chi connectivity index (χ4v) is 4.90. The normalized spacial score (nSPS) is 15.7. The summed E-state index contributed by atoms with van der Waals surface area (Å²) in [5.41, 5.74) is 2.82. The number of para-hydroxylation sites is 3. The molecule has 0 N–H and O–H groups in total. The molecule has 1 unspecified atom stereocenters. The molecule has 180 valence electrons. The molecular weight excluding hydrogens is 462 g/mol. The number of rotatable bonds is 9. The van der Waals surface area contributed by atoms with E-state index in [4.69, 9.17) is 26.1 Å². The van der Waals surface area contributed by atoms with Gasteiger partial charge in [0, 0.05) is 25.4 Å². The average molecular weight is 490 g/mol. The molecule has 1 saturated heterocycles. The zero-order valence-corrected chi connectivity index (χ0v) is 20.4.